The summed E-state index contributed by atoms with van der Waals surface area (Å²) in [4.78, 5) is 13.9. The van der Waals surface area contributed by atoms with E-state index in [-0.39, 0.29) is 10.8 Å². The number of hydrogen-bond acceptors (Lipinski definition) is 5. The Bertz CT molecular complexity index is 1630. The Balaban J connectivity index is 1.12. The average Bonchev–Trinajstić information content (AvgIpc) is 3.44. The lowest BCUT2D eigenvalue weighted by Gasteiger charge is -2.72. The van der Waals surface area contributed by atoms with E-state index in [2.05, 4.69) is 64.4 Å². The van der Waals surface area contributed by atoms with Crippen LogP contribution in [0.25, 0.3) is 5.57 Å². The fraction of sp³-hybridized carbons (Fsp3) is 0.744. The lowest BCUT2D eigenvalue weighted by molar-refractivity contribution is -0.225. The summed E-state index contributed by atoms with van der Waals surface area (Å²) in [7, 11) is -2.85. The van der Waals surface area contributed by atoms with Crippen LogP contribution in [0.4, 0.5) is 0 Å². The molecule has 1 saturated heterocycles. The van der Waals surface area contributed by atoms with Crippen LogP contribution >= 0.6 is 0 Å². The van der Waals surface area contributed by atoms with E-state index in [1.165, 1.54) is 68.1 Å². The highest BCUT2D eigenvalue weighted by Gasteiger charge is 2.70. The summed E-state index contributed by atoms with van der Waals surface area (Å²) in [5.41, 5.74) is 5.50. The number of nitrogens with zero attached hydrogens (tertiary/aromatic N) is 1. The van der Waals surface area contributed by atoms with Crippen molar-refractivity contribution in [2.75, 3.05) is 44.2 Å². The number of hydrogen-bond donors (Lipinski definition) is 2. The number of carbonyl (C=O) groups is 1. The van der Waals surface area contributed by atoms with Gasteiger partial charge >= 0.3 is 5.97 Å². The van der Waals surface area contributed by atoms with Crippen LogP contribution in [0.1, 0.15) is 115 Å². The van der Waals surface area contributed by atoms with Gasteiger partial charge in [0.2, 0.25) is 0 Å². The highest BCUT2D eigenvalue weighted by molar-refractivity contribution is 7.91. The van der Waals surface area contributed by atoms with Gasteiger partial charge in [-0.15, -0.1) is 0 Å². The number of carboxylic acid groups (broad SMARTS) is 1. The first kappa shape index (κ1) is 36.4. The fourth-order valence-corrected chi connectivity index (χ4v) is 15.3. The third-order valence-corrected chi connectivity index (χ3v) is 18.4. The molecule has 1 aromatic carbocycles. The minimum Gasteiger partial charge on any atom is -0.478 e. The summed E-state index contributed by atoms with van der Waals surface area (Å²) < 4.78 is 23.9. The molecule has 1 aromatic rings. The minimum atomic E-state index is -2.85. The van der Waals surface area contributed by atoms with Gasteiger partial charge in [0.05, 0.1) is 17.1 Å². The molecule has 0 radical (unpaired) electrons. The van der Waals surface area contributed by atoms with Crippen molar-refractivity contribution in [1.82, 2.24) is 10.2 Å². The molecule has 9 unspecified atom stereocenters. The molecule has 0 spiro atoms. The van der Waals surface area contributed by atoms with Crippen molar-refractivity contribution in [1.29, 1.82) is 0 Å². The smallest absolute Gasteiger partial charge is 0.335 e. The zero-order chi connectivity index (χ0) is 35.9. The lowest BCUT2D eigenvalue weighted by atomic mass is 9.32. The number of allylic oxidation sites excluding steroid dienone is 3. The standard InChI is InChI=1S/C43H64N2O4S/c1-29(2)32-14-19-43(28-44-22-23-45-24-26-50(48,49)27-25-45)21-20-41(6)34(37(32)43)12-13-36-40(5)17-15-33(30-8-10-31(11-9-30)38(46)47)39(3,4)35(40)16-18-42(36,41)7/h8-11,15,32,34-37,44H,1,12-14,16-28H2,2-7H3,(H,46,47). The van der Waals surface area contributed by atoms with Gasteiger partial charge in [-0.05, 0) is 145 Å². The van der Waals surface area contributed by atoms with E-state index < -0.39 is 15.8 Å². The zero-order valence-corrected chi connectivity index (χ0v) is 32.6. The maximum atomic E-state index is 11.9. The van der Waals surface area contributed by atoms with E-state index in [1.807, 2.05) is 12.1 Å². The summed E-state index contributed by atoms with van der Waals surface area (Å²) in [6.45, 7) is 24.2. The Hall–Kier alpha value is -1.96. The van der Waals surface area contributed by atoms with E-state index in [1.54, 1.807) is 12.1 Å². The number of nitrogens with one attached hydrogen (secondary N) is 1. The summed E-state index contributed by atoms with van der Waals surface area (Å²) in [6.07, 6.45) is 14.0. The van der Waals surface area contributed by atoms with E-state index in [0.717, 1.165) is 26.1 Å². The van der Waals surface area contributed by atoms with Crippen molar-refractivity contribution >= 4 is 21.4 Å². The molecule has 50 heavy (non-hydrogen) atoms. The number of sulfone groups is 1. The third-order valence-electron chi connectivity index (χ3n) is 16.8. The first-order valence-corrected chi connectivity index (χ1v) is 21.6. The molecule has 0 amide bonds. The largest absolute Gasteiger partial charge is 0.478 e. The van der Waals surface area contributed by atoms with E-state index >= 15 is 0 Å². The van der Waals surface area contributed by atoms with Crippen LogP contribution in [-0.2, 0) is 9.84 Å². The summed E-state index contributed by atoms with van der Waals surface area (Å²) in [5.74, 6) is 3.01. The molecular formula is C43H64N2O4S. The van der Waals surface area contributed by atoms with Gasteiger partial charge in [-0.3, -0.25) is 0 Å². The molecule has 4 saturated carbocycles. The molecule has 2 N–H and O–H groups in total. The predicted octanol–water partition coefficient (Wildman–Crippen LogP) is 8.36. The minimum absolute atomic E-state index is 0.0170. The van der Waals surface area contributed by atoms with Gasteiger partial charge in [0, 0.05) is 32.7 Å². The highest BCUT2D eigenvalue weighted by atomic mass is 32.2. The molecular weight excluding hydrogens is 641 g/mol. The van der Waals surface area contributed by atoms with Crippen LogP contribution in [0.2, 0.25) is 0 Å². The van der Waals surface area contributed by atoms with Crippen LogP contribution in [0.15, 0.2) is 42.5 Å². The van der Waals surface area contributed by atoms with Gasteiger partial charge in [0.25, 0.3) is 0 Å². The monoisotopic (exact) mass is 704 g/mol. The molecule has 6 nitrogen and oxygen atoms in total. The van der Waals surface area contributed by atoms with Crippen molar-refractivity contribution in [3.05, 3.63) is 53.6 Å². The number of rotatable bonds is 8. The second-order valence-electron chi connectivity index (χ2n) is 19.1. The van der Waals surface area contributed by atoms with E-state index in [4.69, 9.17) is 0 Å². The van der Waals surface area contributed by atoms with Gasteiger partial charge in [-0.2, -0.15) is 0 Å². The number of benzene rings is 1. The summed E-state index contributed by atoms with van der Waals surface area (Å²) in [6, 6.07) is 7.60. The first-order valence-electron chi connectivity index (χ1n) is 19.8. The highest BCUT2D eigenvalue weighted by Crippen LogP contribution is 2.77. The maximum Gasteiger partial charge on any atom is 0.335 e. The van der Waals surface area contributed by atoms with E-state index in [9.17, 15) is 18.3 Å². The zero-order valence-electron chi connectivity index (χ0n) is 31.8. The Kier molecular flexibility index (Phi) is 9.16. The van der Waals surface area contributed by atoms with Gasteiger partial charge in [0.1, 0.15) is 0 Å². The fourth-order valence-electron chi connectivity index (χ4n) is 14.0. The van der Waals surface area contributed by atoms with Crippen LogP contribution < -0.4 is 5.32 Å². The number of aromatic carboxylic acids is 1. The molecule has 0 aromatic heterocycles. The molecule has 1 heterocycles. The summed E-state index contributed by atoms with van der Waals surface area (Å²) >= 11 is 0. The molecule has 5 aliphatic carbocycles. The van der Waals surface area contributed by atoms with Gasteiger partial charge < -0.3 is 15.3 Å². The van der Waals surface area contributed by atoms with Crippen LogP contribution in [0.3, 0.4) is 0 Å². The molecule has 1 aliphatic heterocycles. The molecule has 6 aliphatic rings. The van der Waals surface area contributed by atoms with E-state index in [0.29, 0.717) is 76.0 Å². The summed E-state index contributed by atoms with van der Waals surface area (Å²) in [5, 5.41) is 13.4. The Morgan fingerprint density at radius 2 is 1.62 bits per heavy atom. The molecule has 9 atom stereocenters. The quantitative estimate of drug-likeness (QED) is 0.209. The topological polar surface area (TPSA) is 86.7 Å². The second kappa shape index (κ2) is 12.6. The van der Waals surface area contributed by atoms with Crippen LogP contribution in [-0.4, -0.2) is 68.6 Å². The van der Waals surface area contributed by atoms with Crippen molar-refractivity contribution in [2.45, 2.75) is 99.3 Å². The predicted molar refractivity (Wildman–Crippen MR) is 204 cm³/mol. The maximum absolute atomic E-state index is 11.9. The Morgan fingerprint density at radius 1 is 0.920 bits per heavy atom. The van der Waals surface area contributed by atoms with Gasteiger partial charge in [-0.1, -0.05) is 65.0 Å². The number of carboxylic acids is 1. The van der Waals surface area contributed by atoms with Crippen LogP contribution in [0.5, 0.6) is 0 Å². The molecule has 276 valence electrons. The van der Waals surface area contributed by atoms with Crippen molar-refractivity contribution < 1.29 is 18.3 Å². The molecule has 7 rings (SSSR count). The molecule has 0 bridgehead atoms. The second-order valence-corrected chi connectivity index (χ2v) is 21.4. The average molecular weight is 705 g/mol. The number of fused-ring (bicyclic) bond motifs is 7. The van der Waals surface area contributed by atoms with Gasteiger partial charge in [-0.25, -0.2) is 13.2 Å². The SMILES string of the molecule is C=C(C)C1CCC2(CNCCN3CCS(=O)(=O)CC3)CCC3(C)C(CCC4C5(C)CC=C(c6ccc(C(=O)O)cc6)C(C)(C)C5CCC43C)C12. The van der Waals surface area contributed by atoms with Crippen molar-refractivity contribution in [2.24, 2.45) is 56.7 Å². The van der Waals surface area contributed by atoms with Crippen molar-refractivity contribution in [3.8, 4) is 0 Å². The third kappa shape index (κ3) is 5.61. The Labute approximate surface area is 302 Å². The Morgan fingerprint density at radius 3 is 2.28 bits per heavy atom. The molecule has 7 heteroatoms. The van der Waals surface area contributed by atoms with Crippen molar-refractivity contribution in [3.63, 3.8) is 0 Å². The normalized spacial score (nSPS) is 42.0. The lowest BCUT2D eigenvalue weighted by Crippen LogP contribution is -2.65. The first-order chi connectivity index (χ1) is 23.5. The molecule has 5 fully saturated rings. The van der Waals surface area contributed by atoms with Gasteiger partial charge in [0.15, 0.2) is 9.84 Å². The van der Waals surface area contributed by atoms with Crippen LogP contribution in [0, 0.1) is 56.7 Å².